The molecule has 2 heterocycles. The van der Waals surface area contributed by atoms with Crippen LogP contribution in [-0.2, 0) is 13.0 Å². The Balaban J connectivity index is 1.20. The number of aryl methyl sites for hydroxylation is 1. The quantitative estimate of drug-likeness (QED) is 0.335. The maximum Gasteiger partial charge on any atom is 0.0520 e. The lowest BCUT2D eigenvalue weighted by atomic mass is 9.97. The molecule has 0 amide bonds. The van der Waals surface area contributed by atoms with E-state index in [2.05, 4.69) is 114 Å². The molecule has 4 nitrogen and oxygen atoms in total. The van der Waals surface area contributed by atoms with E-state index in [4.69, 9.17) is 4.98 Å². The number of aromatic nitrogens is 1. The van der Waals surface area contributed by atoms with Crippen molar-refractivity contribution in [3.8, 4) is 11.1 Å². The number of rotatable bonds is 6. The minimum atomic E-state index is 0.879. The molecule has 3 aromatic carbocycles. The van der Waals surface area contributed by atoms with Crippen LogP contribution < -0.4 is 5.32 Å². The third-order valence-corrected chi connectivity index (χ3v) is 7.56. The van der Waals surface area contributed by atoms with Gasteiger partial charge >= 0.3 is 0 Å². The molecule has 1 aromatic heterocycles. The first-order valence-corrected chi connectivity index (χ1v) is 13.2. The molecular weight excluding hydrogens is 452 g/mol. The zero-order valence-electron chi connectivity index (χ0n) is 21.7. The van der Waals surface area contributed by atoms with Crippen LogP contribution in [0.1, 0.15) is 27.9 Å². The van der Waals surface area contributed by atoms with Crippen molar-refractivity contribution >= 4 is 16.9 Å². The highest BCUT2D eigenvalue weighted by Crippen LogP contribution is 2.35. The molecule has 0 unspecified atom stereocenters. The zero-order chi connectivity index (χ0) is 25.2. The van der Waals surface area contributed by atoms with Crippen LogP contribution in [0.4, 0.5) is 11.4 Å². The van der Waals surface area contributed by atoms with Gasteiger partial charge in [0.2, 0.25) is 0 Å². The number of anilines is 2. The summed E-state index contributed by atoms with van der Waals surface area (Å²) in [6.07, 6.45) is 5.22. The largest absolute Gasteiger partial charge is 0.356 e. The Hall–Kier alpha value is -3.73. The summed E-state index contributed by atoms with van der Waals surface area (Å²) < 4.78 is 0. The van der Waals surface area contributed by atoms with Crippen molar-refractivity contribution in [2.75, 3.05) is 38.5 Å². The van der Waals surface area contributed by atoms with Crippen LogP contribution in [0.2, 0.25) is 0 Å². The second kappa shape index (κ2) is 10.3. The molecule has 1 aliphatic carbocycles. The number of hydrogen-bond acceptors (Lipinski definition) is 4. The Bertz CT molecular complexity index is 1410. The third kappa shape index (κ3) is 5.36. The number of allylic oxidation sites excluding steroid dienone is 1. The van der Waals surface area contributed by atoms with Gasteiger partial charge in [-0.3, -0.25) is 9.88 Å². The van der Waals surface area contributed by atoms with E-state index in [0.717, 1.165) is 56.2 Å². The fraction of sp³-hybridized carbons (Fsp3) is 0.242. The molecule has 0 saturated carbocycles. The molecule has 1 saturated heterocycles. The standard InChI is InChI=1S/C33H34N4/c1-24-6-12-29(13-7-24)35-30-5-3-4-27(20-30)31-14-15-33-32(31)21-28(22-34-33)26-10-8-25(9-11-26)23-37-18-16-36(2)17-19-37/h3-14,20-22,35H,15-19,23H2,1-2H3. The van der Waals surface area contributed by atoms with Crippen molar-refractivity contribution in [3.63, 3.8) is 0 Å². The molecule has 37 heavy (non-hydrogen) atoms. The summed E-state index contributed by atoms with van der Waals surface area (Å²) in [4.78, 5) is 9.80. The van der Waals surface area contributed by atoms with Gasteiger partial charge in [-0.15, -0.1) is 0 Å². The van der Waals surface area contributed by atoms with Crippen LogP contribution >= 0.6 is 0 Å². The van der Waals surface area contributed by atoms with Gasteiger partial charge in [0.15, 0.2) is 0 Å². The summed E-state index contributed by atoms with van der Waals surface area (Å²) in [5.74, 6) is 0. The molecule has 4 heteroatoms. The lowest BCUT2D eigenvalue weighted by Crippen LogP contribution is -2.43. The zero-order valence-corrected chi connectivity index (χ0v) is 21.7. The average Bonchev–Trinajstić information content (AvgIpc) is 3.35. The molecule has 0 atom stereocenters. The van der Waals surface area contributed by atoms with Crippen LogP contribution in [0.25, 0.3) is 16.7 Å². The number of nitrogens with zero attached hydrogens (tertiary/aromatic N) is 3. The molecule has 6 rings (SSSR count). The van der Waals surface area contributed by atoms with Gasteiger partial charge in [0.05, 0.1) is 5.69 Å². The first-order chi connectivity index (χ1) is 18.1. The van der Waals surface area contributed by atoms with Gasteiger partial charge in [0.25, 0.3) is 0 Å². The fourth-order valence-electron chi connectivity index (χ4n) is 5.26. The average molecular weight is 487 g/mol. The predicted octanol–water partition coefficient (Wildman–Crippen LogP) is 6.54. The minimum Gasteiger partial charge on any atom is -0.356 e. The molecular formula is C33H34N4. The van der Waals surface area contributed by atoms with Gasteiger partial charge in [-0.2, -0.15) is 0 Å². The molecule has 0 bridgehead atoms. The second-order valence-corrected chi connectivity index (χ2v) is 10.4. The summed E-state index contributed by atoms with van der Waals surface area (Å²) in [6, 6.07) is 28.6. The lowest BCUT2D eigenvalue weighted by molar-refractivity contribution is 0.148. The normalized spacial score (nSPS) is 15.9. The molecule has 186 valence electrons. The molecule has 1 N–H and O–H groups in total. The number of pyridine rings is 1. The second-order valence-electron chi connectivity index (χ2n) is 10.4. The molecule has 1 aliphatic heterocycles. The number of benzene rings is 3. The van der Waals surface area contributed by atoms with Gasteiger partial charge in [-0.25, -0.2) is 0 Å². The minimum absolute atomic E-state index is 0.879. The maximum atomic E-state index is 4.85. The summed E-state index contributed by atoms with van der Waals surface area (Å²) in [5, 5.41) is 3.54. The summed E-state index contributed by atoms with van der Waals surface area (Å²) in [6.45, 7) is 7.73. The van der Waals surface area contributed by atoms with Crippen LogP contribution in [0.15, 0.2) is 91.1 Å². The molecule has 2 aliphatic rings. The van der Waals surface area contributed by atoms with Gasteiger partial charge in [0, 0.05) is 67.8 Å². The van der Waals surface area contributed by atoms with Crippen molar-refractivity contribution in [3.05, 3.63) is 119 Å². The van der Waals surface area contributed by atoms with Crippen LogP contribution in [-0.4, -0.2) is 48.0 Å². The van der Waals surface area contributed by atoms with Crippen molar-refractivity contribution in [2.24, 2.45) is 0 Å². The number of piperazine rings is 1. The fourth-order valence-corrected chi connectivity index (χ4v) is 5.26. The highest BCUT2D eigenvalue weighted by molar-refractivity contribution is 5.87. The summed E-state index contributed by atoms with van der Waals surface area (Å²) >= 11 is 0. The predicted molar refractivity (Wildman–Crippen MR) is 154 cm³/mol. The Morgan fingerprint density at radius 3 is 2.35 bits per heavy atom. The smallest absolute Gasteiger partial charge is 0.0520 e. The molecule has 1 fully saturated rings. The van der Waals surface area contributed by atoms with Gasteiger partial charge in [0.1, 0.15) is 0 Å². The Kier molecular flexibility index (Phi) is 6.60. The molecule has 4 aromatic rings. The first-order valence-electron chi connectivity index (χ1n) is 13.2. The van der Waals surface area contributed by atoms with E-state index in [0.29, 0.717) is 0 Å². The highest BCUT2D eigenvalue weighted by atomic mass is 15.2. The van der Waals surface area contributed by atoms with E-state index in [1.165, 1.54) is 39.0 Å². The Morgan fingerprint density at radius 1 is 0.784 bits per heavy atom. The van der Waals surface area contributed by atoms with E-state index < -0.39 is 0 Å². The summed E-state index contributed by atoms with van der Waals surface area (Å²) in [5.41, 5.74) is 12.1. The first kappa shape index (κ1) is 23.7. The molecule has 0 spiro atoms. The van der Waals surface area contributed by atoms with Gasteiger partial charge < -0.3 is 10.2 Å². The van der Waals surface area contributed by atoms with E-state index >= 15 is 0 Å². The monoisotopic (exact) mass is 486 g/mol. The van der Waals surface area contributed by atoms with Gasteiger partial charge in [-0.05, 0) is 66.6 Å². The van der Waals surface area contributed by atoms with Crippen molar-refractivity contribution in [1.82, 2.24) is 14.8 Å². The number of nitrogens with one attached hydrogen (secondary N) is 1. The Labute approximate surface area is 220 Å². The van der Waals surface area contributed by atoms with Crippen molar-refractivity contribution in [2.45, 2.75) is 19.9 Å². The topological polar surface area (TPSA) is 31.4 Å². The maximum absolute atomic E-state index is 4.85. The number of fused-ring (bicyclic) bond motifs is 1. The molecule has 0 radical (unpaired) electrons. The van der Waals surface area contributed by atoms with Gasteiger partial charge in [-0.1, -0.05) is 60.2 Å². The van der Waals surface area contributed by atoms with E-state index in [1.54, 1.807) is 0 Å². The number of likely N-dealkylation sites (N-methyl/N-ethyl adjacent to an activating group) is 1. The van der Waals surface area contributed by atoms with Crippen molar-refractivity contribution in [1.29, 1.82) is 0 Å². The lowest BCUT2D eigenvalue weighted by Gasteiger charge is -2.32. The van der Waals surface area contributed by atoms with Crippen LogP contribution in [0.5, 0.6) is 0 Å². The van der Waals surface area contributed by atoms with E-state index in [-0.39, 0.29) is 0 Å². The number of hydrogen-bond donors (Lipinski definition) is 1. The van der Waals surface area contributed by atoms with Crippen LogP contribution in [0.3, 0.4) is 0 Å². The van der Waals surface area contributed by atoms with Crippen LogP contribution in [0, 0.1) is 6.92 Å². The summed E-state index contributed by atoms with van der Waals surface area (Å²) in [7, 11) is 2.20. The third-order valence-electron chi connectivity index (χ3n) is 7.56. The Morgan fingerprint density at radius 2 is 1.57 bits per heavy atom. The van der Waals surface area contributed by atoms with E-state index in [9.17, 15) is 0 Å². The van der Waals surface area contributed by atoms with Crippen molar-refractivity contribution < 1.29 is 0 Å². The SMILES string of the molecule is Cc1ccc(Nc2cccc(C3=CCc4ncc(-c5ccc(CN6CCN(C)CC6)cc5)cc43)c2)cc1. The van der Waals surface area contributed by atoms with E-state index in [1.807, 2.05) is 6.20 Å². The highest BCUT2D eigenvalue weighted by Gasteiger charge is 2.19.